The summed E-state index contributed by atoms with van der Waals surface area (Å²) in [7, 11) is -3.45. The van der Waals surface area contributed by atoms with Crippen LogP contribution in [-0.2, 0) is 19.3 Å². The normalized spacial score (nSPS) is 11.7. The SMILES string of the molecule is CCN(CC)C(=O)Cc1cccc([As]S(=O)(=O)c2ccc(-c3ccccc3)cc2)n1. The molecule has 0 spiro atoms. The molecule has 0 bridgehead atoms. The fourth-order valence-corrected chi connectivity index (χ4v) is 8.09. The summed E-state index contributed by atoms with van der Waals surface area (Å²) in [6, 6.07) is 22.1. The molecule has 1 amide bonds. The molecular weight excluding hydrogens is 459 g/mol. The van der Waals surface area contributed by atoms with Gasteiger partial charge in [-0.3, -0.25) is 0 Å². The van der Waals surface area contributed by atoms with Crippen molar-refractivity contribution in [2.45, 2.75) is 25.2 Å². The molecule has 30 heavy (non-hydrogen) atoms. The van der Waals surface area contributed by atoms with Gasteiger partial charge < -0.3 is 0 Å². The van der Waals surface area contributed by atoms with Crippen molar-refractivity contribution >= 4 is 33.1 Å². The summed E-state index contributed by atoms with van der Waals surface area (Å²) in [5.74, 6) is 0.000239. The Morgan fingerprint density at radius 2 is 1.50 bits per heavy atom. The van der Waals surface area contributed by atoms with E-state index in [1.54, 1.807) is 35.2 Å². The Morgan fingerprint density at radius 3 is 2.13 bits per heavy atom. The molecule has 1 heterocycles. The van der Waals surface area contributed by atoms with E-state index in [2.05, 4.69) is 4.98 Å². The fraction of sp³-hybridized carbons (Fsp3) is 0.217. The van der Waals surface area contributed by atoms with Crippen molar-refractivity contribution in [1.29, 1.82) is 0 Å². The number of carbonyl (C=O) groups excluding carboxylic acids is 1. The average molecular weight is 483 g/mol. The summed E-state index contributed by atoms with van der Waals surface area (Å²) in [5.41, 5.74) is 2.62. The summed E-state index contributed by atoms with van der Waals surface area (Å²) >= 11 is -1.22. The van der Waals surface area contributed by atoms with E-state index in [1.807, 2.05) is 56.3 Å². The van der Waals surface area contributed by atoms with Crippen LogP contribution in [-0.4, -0.2) is 51.9 Å². The molecule has 3 aromatic rings. The molecule has 0 saturated carbocycles. The molecule has 0 aliphatic carbocycles. The number of benzene rings is 2. The van der Waals surface area contributed by atoms with E-state index in [4.69, 9.17) is 0 Å². The molecule has 0 aliphatic heterocycles. The van der Waals surface area contributed by atoms with Crippen LogP contribution in [0, 0.1) is 0 Å². The van der Waals surface area contributed by atoms with Crippen LogP contribution in [0.5, 0.6) is 0 Å². The van der Waals surface area contributed by atoms with Gasteiger partial charge in [0.1, 0.15) is 0 Å². The average Bonchev–Trinajstić information content (AvgIpc) is 2.75. The van der Waals surface area contributed by atoms with E-state index in [1.165, 1.54) is 0 Å². The predicted octanol–water partition coefficient (Wildman–Crippen LogP) is 2.88. The van der Waals surface area contributed by atoms with Crippen LogP contribution in [0.1, 0.15) is 19.5 Å². The number of hydrogen-bond donors (Lipinski definition) is 0. The molecule has 0 atom stereocenters. The molecule has 0 N–H and O–H groups in total. The number of likely N-dealkylation sites (N-methyl/N-ethyl adjacent to an activating group) is 1. The Morgan fingerprint density at radius 1 is 0.867 bits per heavy atom. The van der Waals surface area contributed by atoms with Crippen LogP contribution in [0.25, 0.3) is 11.1 Å². The van der Waals surface area contributed by atoms with Gasteiger partial charge >= 0.3 is 184 Å². The minimum absolute atomic E-state index is 0.000239. The first kappa shape index (κ1) is 22.3. The van der Waals surface area contributed by atoms with Crippen molar-refractivity contribution in [2.24, 2.45) is 0 Å². The van der Waals surface area contributed by atoms with Gasteiger partial charge in [0.15, 0.2) is 0 Å². The van der Waals surface area contributed by atoms with Crippen LogP contribution < -0.4 is 4.48 Å². The van der Waals surface area contributed by atoms with Gasteiger partial charge in [0, 0.05) is 0 Å². The Kier molecular flexibility index (Phi) is 7.46. The van der Waals surface area contributed by atoms with Crippen molar-refractivity contribution in [3.05, 3.63) is 78.5 Å². The maximum absolute atomic E-state index is 12.9. The summed E-state index contributed by atoms with van der Waals surface area (Å²) in [6.45, 7) is 5.17. The summed E-state index contributed by atoms with van der Waals surface area (Å²) < 4.78 is 26.4. The number of pyridine rings is 1. The monoisotopic (exact) mass is 483 g/mol. The van der Waals surface area contributed by atoms with Gasteiger partial charge in [-0.25, -0.2) is 0 Å². The number of rotatable bonds is 8. The van der Waals surface area contributed by atoms with Crippen molar-refractivity contribution in [3.8, 4) is 11.1 Å². The molecule has 155 valence electrons. The number of nitrogens with zero attached hydrogens (tertiary/aromatic N) is 2. The van der Waals surface area contributed by atoms with Crippen molar-refractivity contribution in [3.63, 3.8) is 0 Å². The molecule has 0 fully saturated rings. The van der Waals surface area contributed by atoms with Crippen LogP contribution >= 0.6 is 0 Å². The Labute approximate surface area is 183 Å². The Hall–Kier alpha value is -2.43. The third-order valence-corrected chi connectivity index (χ3v) is 10.5. The van der Waals surface area contributed by atoms with Gasteiger partial charge in [0.05, 0.1) is 0 Å². The van der Waals surface area contributed by atoms with Crippen molar-refractivity contribution in [2.75, 3.05) is 13.1 Å². The standard InChI is InChI=1S/C23H24AsN2O3S/c1-3-26(4-2)23(27)17-20-11-8-12-22(25-20)24-30(28,29)21-15-13-19(14-16-21)18-9-6-5-7-10-18/h5-16H,3-4,17H2,1-2H3. The molecule has 0 aliphatic rings. The zero-order valence-electron chi connectivity index (χ0n) is 17.0. The first-order valence-corrected chi connectivity index (χ1v) is 14.5. The van der Waals surface area contributed by atoms with Crippen LogP contribution in [0.3, 0.4) is 0 Å². The van der Waals surface area contributed by atoms with E-state index in [0.29, 0.717) is 28.2 Å². The molecule has 1 aromatic heterocycles. The quantitative estimate of drug-likeness (QED) is 0.463. The molecule has 0 unspecified atom stereocenters. The van der Waals surface area contributed by atoms with Crippen molar-refractivity contribution in [1.82, 2.24) is 9.88 Å². The van der Waals surface area contributed by atoms with Crippen LogP contribution in [0.2, 0.25) is 0 Å². The van der Waals surface area contributed by atoms with Gasteiger partial charge in [0.25, 0.3) is 0 Å². The first-order valence-electron chi connectivity index (χ1n) is 9.80. The number of hydrogen-bond acceptors (Lipinski definition) is 4. The molecule has 2 aromatic carbocycles. The number of amides is 1. The zero-order chi connectivity index (χ0) is 21.6. The molecule has 3 rings (SSSR count). The molecular formula is C23H24AsN2O3S. The third-order valence-electron chi connectivity index (χ3n) is 4.71. The summed E-state index contributed by atoms with van der Waals surface area (Å²) in [6.07, 6.45) is 0.183. The molecule has 0 saturated heterocycles. The van der Waals surface area contributed by atoms with Crippen LogP contribution in [0.15, 0.2) is 77.7 Å². The van der Waals surface area contributed by atoms with E-state index >= 15 is 0 Å². The zero-order valence-corrected chi connectivity index (χ0v) is 19.7. The second-order valence-electron chi connectivity index (χ2n) is 6.69. The first-order chi connectivity index (χ1) is 14.4. The summed E-state index contributed by atoms with van der Waals surface area (Å²) in [5, 5.41) is 0. The predicted molar refractivity (Wildman–Crippen MR) is 120 cm³/mol. The van der Waals surface area contributed by atoms with Gasteiger partial charge in [-0.1, -0.05) is 0 Å². The molecule has 1 radical (unpaired) electrons. The second kappa shape index (κ2) is 10.1. The van der Waals surface area contributed by atoms with E-state index in [9.17, 15) is 13.2 Å². The Balaban J connectivity index is 1.74. The van der Waals surface area contributed by atoms with Gasteiger partial charge in [-0.2, -0.15) is 0 Å². The topological polar surface area (TPSA) is 67.3 Å². The van der Waals surface area contributed by atoms with Crippen molar-refractivity contribution < 1.29 is 13.2 Å². The summed E-state index contributed by atoms with van der Waals surface area (Å²) in [4.78, 5) is 18.8. The third kappa shape index (κ3) is 5.58. The number of aromatic nitrogens is 1. The molecule has 5 nitrogen and oxygen atoms in total. The van der Waals surface area contributed by atoms with Crippen LogP contribution in [0.4, 0.5) is 0 Å². The maximum atomic E-state index is 12.9. The van der Waals surface area contributed by atoms with E-state index in [0.717, 1.165) is 11.1 Å². The van der Waals surface area contributed by atoms with Gasteiger partial charge in [-0.15, -0.1) is 0 Å². The molecule has 7 heteroatoms. The minimum atomic E-state index is -3.45. The second-order valence-corrected chi connectivity index (χ2v) is 13.4. The van der Waals surface area contributed by atoms with E-state index in [-0.39, 0.29) is 12.3 Å². The number of carbonyl (C=O) groups is 1. The fourth-order valence-electron chi connectivity index (χ4n) is 3.09. The van der Waals surface area contributed by atoms with Gasteiger partial charge in [-0.05, 0) is 0 Å². The van der Waals surface area contributed by atoms with Gasteiger partial charge in [0.2, 0.25) is 0 Å². The Bertz CT molecular complexity index is 1100. The van der Waals surface area contributed by atoms with E-state index < -0.39 is 22.7 Å².